The lowest BCUT2D eigenvalue weighted by atomic mass is 9.49. The topological polar surface area (TPSA) is 54.4 Å². The number of alkyl halides is 1. The lowest BCUT2D eigenvalue weighted by molar-refractivity contribution is -0.154. The van der Waals surface area contributed by atoms with Crippen molar-refractivity contribution >= 4 is 27.5 Å². The Morgan fingerprint density at radius 3 is 2.68 bits per heavy atom. The Kier molecular flexibility index (Phi) is 3.66. The minimum atomic E-state index is -1.30. The number of fused-ring (bicyclic) bond motifs is 5. The van der Waals surface area contributed by atoms with Gasteiger partial charge in [-0.3, -0.25) is 9.59 Å². The standard InChI is InChI=1S/C21H25BrO3/c1-12(23)21(25)18(22)11-17-15-5-4-13-10-14(24)6-8-19(13,2)16(15)7-9-20(17,21)3/h4-6,8,10,15-18,25H,7,9,11H2,1-3H3/t15-,16+,17+,18+,19+,20+,21-/m1/s1. The van der Waals surface area contributed by atoms with Crippen molar-refractivity contribution in [2.75, 3.05) is 0 Å². The number of carbonyl (C=O) groups is 2. The third-order valence-corrected chi connectivity index (χ3v) is 8.86. The molecule has 0 saturated heterocycles. The summed E-state index contributed by atoms with van der Waals surface area (Å²) in [5, 5.41) is 11.3. The Hall–Kier alpha value is -1.00. The van der Waals surface area contributed by atoms with Crippen molar-refractivity contribution in [3.8, 4) is 0 Å². The van der Waals surface area contributed by atoms with E-state index in [1.54, 1.807) is 12.2 Å². The van der Waals surface area contributed by atoms with Crippen LogP contribution in [-0.4, -0.2) is 27.1 Å². The lowest BCUT2D eigenvalue weighted by Gasteiger charge is -2.56. The average Bonchev–Trinajstić information content (AvgIpc) is 2.77. The molecule has 0 aromatic rings. The van der Waals surface area contributed by atoms with Crippen molar-refractivity contribution < 1.29 is 14.7 Å². The van der Waals surface area contributed by atoms with E-state index in [4.69, 9.17) is 0 Å². The summed E-state index contributed by atoms with van der Waals surface area (Å²) in [4.78, 5) is 24.0. The Balaban J connectivity index is 1.79. The zero-order valence-electron chi connectivity index (χ0n) is 15.0. The maximum absolute atomic E-state index is 12.4. The van der Waals surface area contributed by atoms with Gasteiger partial charge in [0.25, 0.3) is 0 Å². The highest BCUT2D eigenvalue weighted by Crippen LogP contribution is 2.66. The molecule has 4 aliphatic carbocycles. The monoisotopic (exact) mass is 404 g/mol. The maximum Gasteiger partial charge on any atom is 0.178 e. The minimum absolute atomic E-state index is 0.0589. The van der Waals surface area contributed by atoms with Gasteiger partial charge in [0.1, 0.15) is 5.60 Å². The van der Waals surface area contributed by atoms with Crippen LogP contribution < -0.4 is 0 Å². The highest BCUT2D eigenvalue weighted by Gasteiger charge is 2.68. The van der Waals surface area contributed by atoms with Gasteiger partial charge in [0.15, 0.2) is 11.6 Å². The molecule has 3 nitrogen and oxygen atoms in total. The van der Waals surface area contributed by atoms with E-state index in [9.17, 15) is 14.7 Å². The number of allylic oxidation sites excluding steroid dienone is 6. The largest absolute Gasteiger partial charge is 0.380 e. The first-order chi connectivity index (χ1) is 11.6. The van der Waals surface area contributed by atoms with E-state index < -0.39 is 11.0 Å². The summed E-state index contributed by atoms with van der Waals surface area (Å²) in [6.07, 6.45) is 12.4. The number of aliphatic hydroxyl groups is 1. The summed E-state index contributed by atoms with van der Waals surface area (Å²) < 4.78 is 0. The summed E-state index contributed by atoms with van der Waals surface area (Å²) in [6.45, 7) is 5.84. The fourth-order valence-corrected chi connectivity index (χ4v) is 7.51. The summed E-state index contributed by atoms with van der Waals surface area (Å²) in [5.74, 6) is 0.897. The van der Waals surface area contributed by atoms with Crippen LogP contribution in [0.2, 0.25) is 0 Å². The van der Waals surface area contributed by atoms with E-state index in [2.05, 4.69) is 48.0 Å². The molecule has 25 heavy (non-hydrogen) atoms. The molecule has 0 aliphatic heterocycles. The van der Waals surface area contributed by atoms with Crippen molar-refractivity contribution in [1.82, 2.24) is 0 Å². The van der Waals surface area contributed by atoms with Crippen LogP contribution in [-0.2, 0) is 9.59 Å². The summed E-state index contributed by atoms with van der Waals surface area (Å²) in [5.41, 5.74) is -0.746. The fourth-order valence-electron chi connectivity index (χ4n) is 6.26. The lowest BCUT2D eigenvalue weighted by Crippen LogP contribution is -2.58. The Morgan fingerprint density at radius 1 is 1.28 bits per heavy atom. The van der Waals surface area contributed by atoms with Gasteiger partial charge in [0.05, 0.1) is 4.83 Å². The Bertz CT molecular complexity index is 750. The maximum atomic E-state index is 12.4. The van der Waals surface area contributed by atoms with E-state index >= 15 is 0 Å². The van der Waals surface area contributed by atoms with Crippen LogP contribution in [0.1, 0.15) is 40.0 Å². The molecular weight excluding hydrogens is 380 g/mol. The van der Waals surface area contributed by atoms with Crippen LogP contribution in [0.3, 0.4) is 0 Å². The predicted molar refractivity (Wildman–Crippen MR) is 100 cm³/mol. The summed E-state index contributed by atoms with van der Waals surface area (Å²) >= 11 is 3.63. The van der Waals surface area contributed by atoms with Gasteiger partial charge in [0.2, 0.25) is 0 Å². The van der Waals surface area contributed by atoms with E-state index in [1.807, 2.05) is 0 Å². The second kappa shape index (κ2) is 5.26. The highest BCUT2D eigenvalue weighted by molar-refractivity contribution is 9.09. The van der Waals surface area contributed by atoms with Crippen LogP contribution >= 0.6 is 15.9 Å². The molecular formula is C21H25BrO3. The zero-order valence-corrected chi connectivity index (χ0v) is 16.5. The molecule has 134 valence electrons. The molecule has 4 rings (SSSR count). The quantitative estimate of drug-likeness (QED) is 0.676. The van der Waals surface area contributed by atoms with Crippen LogP contribution in [0.4, 0.5) is 0 Å². The number of hydrogen-bond acceptors (Lipinski definition) is 3. The van der Waals surface area contributed by atoms with Crippen LogP contribution in [0.25, 0.3) is 0 Å². The van der Waals surface area contributed by atoms with Crippen molar-refractivity contribution in [1.29, 1.82) is 0 Å². The van der Waals surface area contributed by atoms with Gasteiger partial charge in [-0.1, -0.05) is 48.0 Å². The molecule has 0 unspecified atom stereocenters. The first-order valence-corrected chi connectivity index (χ1v) is 10.1. The number of rotatable bonds is 1. The van der Waals surface area contributed by atoms with Gasteiger partial charge in [-0.25, -0.2) is 0 Å². The predicted octanol–water partition coefficient (Wildman–Crippen LogP) is 3.76. The first-order valence-electron chi connectivity index (χ1n) is 9.15. The zero-order chi connectivity index (χ0) is 18.2. The van der Waals surface area contributed by atoms with Gasteiger partial charge in [0, 0.05) is 10.8 Å². The van der Waals surface area contributed by atoms with Crippen LogP contribution in [0.15, 0.2) is 36.0 Å². The second-order valence-electron chi connectivity index (χ2n) is 8.75. The van der Waals surface area contributed by atoms with Crippen molar-refractivity contribution in [3.05, 3.63) is 36.0 Å². The number of ketones is 2. The smallest absolute Gasteiger partial charge is 0.178 e. The highest BCUT2D eigenvalue weighted by atomic mass is 79.9. The summed E-state index contributed by atoms with van der Waals surface area (Å²) in [7, 11) is 0. The molecule has 0 bridgehead atoms. The first kappa shape index (κ1) is 17.4. The minimum Gasteiger partial charge on any atom is -0.380 e. The van der Waals surface area contributed by atoms with Crippen LogP contribution in [0, 0.1) is 28.6 Å². The molecule has 0 radical (unpaired) electrons. The van der Waals surface area contributed by atoms with Crippen molar-refractivity contribution in [2.24, 2.45) is 28.6 Å². The summed E-state index contributed by atoms with van der Waals surface area (Å²) in [6, 6.07) is 0. The molecule has 2 fully saturated rings. The molecule has 2 saturated carbocycles. The van der Waals surface area contributed by atoms with Crippen molar-refractivity contribution in [2.45, 2.75) is 50.5 Å². The van der Waals surface area contributed by atoms with Crippen molar-refractivity contribution in [3.63, 3.8) is 0 Å². The van der Waals surface area contributed by atoms with Gasteiger partial charge in [-0.15, -0.1) is 0 Å². The fraction of sp³-hybridized carbons (Fsp3) is 0.619. The molecule has 0 aromatic heterocycles. The van der Waals surface area contributed by atoms with Gasteiger partial charge >= 0.3 is 0 Å². The number of Topliss-reactive ketones (excluding diaryl/α,β-unsaturated/α-hetero) is 1. The molecule has 4 heteroatoms. The third-order valence-electron chi connectivity index (χ3n) is 7.83. The van der Waals surface area contributed by atoms with Gasteiger partial charge in [-0.05, 0) is 61.7 Å². The number of hydrogen-bond donors (Lipinski definition) is 1. The number of carbonyl (C=O) groups excluding carboxylic acids is 2. The SMILES string of the molecule is CC(=O)[C@@]1(O)[C@@H](Br)C[C@H]2[C@@H]3C=CC4=CC(=O)C=C[C@]4(C)[C@H]3CC[C@@]21C. The second-order valence-corrected chi connectivity index (χ2v) is 9.85. The normalized spacial score (nSPS) is 50.8. The third kappa shape index (κ3) is 2.01. The molecule has 0 aromatic carbocycles. The van der Waals surface area contributed by atoms with Gasteiger partial charge in [-0.2, -0.15) is 0 Å². The molecule has 0 spiro atoms. The van der Waals surface area contributed by atoms with Crippen LogP contribution in [0.5, 0.6) is 0 Å². The molecule has 0 heterocycles. The Labute approximate surface area is 157 Å². The van der Waals surface area contributed by atoms with E-state index in [0.29, 0.717) is 11.8 Å². The molecule has 1 N–H and O–H groups in total. The molecule has 0 amide bonds. The van der Waals surface area contributed by atoms with E-state index in [-0.39, 0.29) is 27.7 Å². The van der Waals surface area contributed by atoms with E-state index in [1.165, 1.54) is 6.92 Å². The molecule has 7 atom stereocenters. The Morgan fingerprint density at radius 2 is 2.00 bits per heavy atom. The average molecular weight is 405 g/mol. The van der Waals surface area contributed by atoms with E-state index in [0.717, 1.165) is 24.8 Å². The number of halogens is 1. The molecule has 4 aliphatic rings. The van der Waals surface area contributed by atoms with Gasteiger partial charge < -0.3 is 5.11 Å².